The summed E-state index contributed by atoms with van der Waals surface area (Å²) in [5.74, 6) is -0.192. The van der Waals surface area contributed by atoms with Gasteiger partial charge in [0, 0.05) is 30.1 Å². The number of halogens is 2. The first-order valence-electron chi connectivity index (χ1n) is 8.12. The van der Waals surface area contributed by atoms with E-state index in [1.54, 1.807) is 35.2 Å². The van der Waals surface area contributed by atoms with Gasteiger partial charge in [-0.25, -0.2) is 4.39 Å². The molecule has 1 aliphatic rings. The van der Waals surface area contributed by atoms with Crippen molar-refractivity contribution in [1.82, 2.24) is 10.2 Å². The van der Waals surface area contributed by atoms with Crippen molar-refractivity contribution >= 4 is 23.4 Å². The number of hydrogen-bond donors (Lipinski definition) is 1. The first-order chi connectivity index (χ1) is 12.4. The Kier molecular flexibility index (Phi) is 5.42. The molecule has 1 N–H and O–H groups in total. The van der Waals surface area contributed by atoms with Crippen molar-refractivity contribution in [2.45, 2.75) is 19.0 Å². The van der Waals surface area contributed by atoms with Crippen LogP contribution in [0.1, 0.15) is 22.3 Å². The minimum absolute atomic E-state index is 0.0525. The summed E-state index contributed by atoms with van der Waals surface area (Å²) in [6, 6.07) is 10.5. The van der Waals surface area contributed by atoms with Gasteiger partial charge in [-0.1, -0.05) is 23.7 Å². The van der Waals surface area contributed by atoms with Crippen LogP contribution >= 0.6 is 11.6 Å². The fourth-order valence-electron chi connectivity index (χ4n) is 2.91. The van der Waals surface area contributed by atoms with Crippen molar-refractivity contribution in [3.63, 3.8) is 0 Å². The van der Waals surface area contributed by atoms with E-state index in [2.05, 4.69) is 5.32 Å². The molecule has 7 heteroatoms. The third-order valence-corrected chi connectivity index (χ3v) is 4.42. The fraction of sp³-hybridized carbons (Fsp3) is 0.263. The van der Waals surface area contributed by atoms with Crippen LogP contribution in [0.15, 0.2) is 42.5 Å². The van der Waals surface area contributed by atoms with Gasteiger partial charge in [0.1, 0.15) is 11.6 Å². The van der Waals surface area contributed by atoms with Crippen LogP contribution in [-0.2, 0) is 11.3 Å². The average molecular weight is 377 g/mol. The summed E-state index contributed by atoms with van der Waals surface area (Å²) >= 11 is 5.99. The molecule has 1 saturated heterocycles. The van der Waals surface area contributed by atoms with Gasteiger partial charge in [-0.05, 0) is 35.9 Å². The Labute approximate surface area is 155 Å². The van der Waals surface area contributed by atoms with E-state index in [0.717, 1.165) is 5.56 Å². The molecular weight excluding hydrogens is 359 g/mol. The van der Waals surface area contributed by atoms with Crippen LogP contribution in [0.4, 0.5) is 4.39 Å². The largest absolute Gasteiger partial charge is 0.497 e. The molecule has 136 valence electrons. The van der Waals surface area contributed by atoms with Crippen molar-refractivity contribution in [1.29, 1.82) is 0 Å². The molecule has 0 aromatic heterocycles. The lowest BCUT2D eigenvalue weighted by Crippen LogP contribution is -2.37. The van der Waals surface area contributed by atoms with Gasteiger partial charge in [-0.3, -0.25) is 9.59 Å². The molecule has 1 fully saturated rings. The molecule has 1 aliphatic heterocycles. The van der Waals surface area contributed by atoms with Crippen LogP contribution in [0.25, 0.3) is 0 Å². The summed E-state index contributed by atoms with van der Waals surface area (Å²) in [4.78, 5) is 26.3. The lowest BCUT2D eigenvalue weighted by Gasteiger charge is -2.17. The molecule has 2 aromatic rings. The molecule has 2 aromatic carbocycles. The molecule has 2 amide bonds. The maximum atomic E-state index is 13.0. The van der Waals surface area contributed by atoms with Gasteiger partial charge in [0.2, 0.25) is 5.91 Å². The number of nitrogens with one attached hydrogen (secondary N) is 1. The Bertz CT molecular complexity index is 826. The van der Waals surface area contributed by atoms with E-state index in [0.29, 0.717) is 29.4 Å². The second kappa shape index (κ2) is 7.74. The average Bonchev–Trinajstić information content (AvgIpc) is 2.95. The zero-order chi connectivity index (χ0) is 18.7. The van der Waals surface area contributed by atoms with Crippen molar-refractivity contribution < 1.29 is 18.7 Å². The topological polar surface area (TPSA) is 58.6 Å². The molecule has 0 unspecified atom stereocenters. The molecule has 0 aliphatic carbocycles. The quantitative estimate of drug-likeness (QED) is 0.872. The van der Waals surface area contributed by atoms with Gasteiger partial charge in [-0.15, -0.1) is 0 Å². The van der Waals surface area contributed by atoms with Crippen LogP contribution in [0.5, 0.6) is 5.75 Å². The van der Waals surface area contributed by atoms with Crippen LogP contribution in [0, 0.1) is 5.82 Å². The maximum Gasteiger partial charge on any atom is 0.251 e. The van der Waals surface area contributed by atoms with Gasteiger partial charge in [-0.2, -0.15) is 0 Å². The fourth-order valence-corrected chi connectivity index (χ4v) is 3.14. The first-order valence-corrected chi connectivity index (χ1v) is 8.50. The number of hydrogen-bond acceptors (Lipinski definition) is 3. The van der Waals surface area contributed by atoms with E-state index in [9.17, 15) is 14.0 Å². The third-order valence-electron chi connectivity index (χ3n) is 4.21. The second-order valence-corrected chi connectivity index (χ2v) is 6.59. The Morgan fingerprint density at radius 1 is 1.31 bits per heavy atom. The zero-order valence-corrected chi connectivity index (χ0v) is 14.9. The Hall–Kier alpha value is -2.60. The van der Waals surface area contributed by atoms with E-state index in [4.69, 9.17) is 16.3 Å². The van der Waals surface area contributed by atoms with Gasteiger partial charge in [0.15, 0.2) is 0 Å². The SMILES string of the molecule is COc1cc(Cl)cc(C(=O)N[C@@H]2CC(=O)N(Cc3ccc(F)cc3)C2)c1. The summed E-state index contributed by atoms with van der Waals surface area (Å²) in [7, 11) is 1.50. The minimum Gasteiger partial charge on any atom is -0.497 e. The number of amides is 2. The lowest BCUT2D eigenvalue weighted by molar-refractivity contribution is -0.128. The predicted octanol–water partition coefficient (Wildman–Crippen LogP) is 3.02. The second-order valence-electron chi connectivity index (χ2n) is 6.15. The molecule has 0 spiro atoms. The molecule has 5 nitrogen and oxygen atoms in total. The molecule has 26 heavy (non-hydrogen) atoms. The highest BCUT2D eigenvalue weighted by molar-refractivity contribution is 6.31. The monoisotopic (exact) mass is 376 g/mol. The molecule has 0 bridgehead atoms. The lowest BCUT2D eigenvalue weighted by atomic mass is 10.1. The molecule has 1 atom stereocenters. The molecule has 0 saturated carbocycles. The Morgan fingerprint density at radius 3 is 2.73 bits per heavy atom. The summed E-state index contributed by atoms with van der Waals surface area (Å²) < 4.78 is 18.1. The van der Waals surface area contributed by atoms with E-state index in [1.807, 2.05) is 0 Å². The smallest absolute Gasteiger partial charge is 0.251 e. The number of carbonyl (C=O) groups is 2. The van der Waals surface area contributed by atoms with Gasteiger partial charge < -0.3 is 15.0 Å². The molecule has 3 rings (SSSR count). The number of likely N-dealkylation sites (tertiary alicyclic amines) is 1. The van der Waals surface area contributed by atoms with E-state index < -0.39 is 0 Å². The molecular formula is C19H18ClFN2O3. The highest BCUT2D eigenvalue weighted by Crippen LogP contribution is 2.21. The maximum absolute atomic E-state index is 13.0. The van der Waals surface area contributed by atoms with E-state index in [-0.39, 0.29) is 30.1 Å². The molecule has 1 heterocycles. The standard InChI is InChI=1S/C19H18ClFN2O3/c1-26-17-7-13(6-14(20)8-17)19(25)22-16-9-18(24)23(11-16)10-12-2-4-15(21)5-3-12/h2-8,16H,9-11H2,1H3,(H,22,25)/t16-/m1/s1. The van der Waals surface area contributed by atoms with Crippen molar-refractivity contribution in [2.75, 3.05) is 13.7 Å². The van der Waals surface area contributed by atoms with E-state index >= 15 is 0 Å². The number of nitrogens with zero attached hydrogens (tertiary/aromatic N) is 1. The van der Waals surface area contributed by atoms with Crippen molar-refractivity contribution in [2.24, 2.45) is 0 Å². The number of rotatable bonds is 5. The number of carbonyl (C=O) groups excluding carboxylic acids is 2. The number of benzene rings is 2. The van der Waals surface area contributed by atoms with E-state index in [1.165, 1.54) is 19.2 Å². The zero-order valence-electron chi connectivity index (χ0n) is 14.2. The molecule has 0 radical (unpaired) electrons. The highest BCUT2D eigenvalue weighted by atomic mass is 35.5. The van der Waals surface area contributed by atoms with Crippen molar-refractivity contribution in [3.8, 4) is 5.75 Å². The minimum atomic E-state index is -0.316. The highest BCUT2D eigenvalue weighted by Gasteiger charge is 2.30. The predicted molar refractivity (Wildman–Crippen MR) is 95.7 cm³/mol. The normalized spacial score (nSPS) is 16.7. The number of methoxy groups -OCH3 is 1. The van der Waals surface area contributed by atoms with Gasteiger partial charge in [0.05, 0.1) is 13.2 Å². The Balaban J connectivity index is 1.62. The summed E-state index contributed by atoms with van der Waals surface area (Å²) in [5, 5.41) is 3.25. The summed E-state index contributed by atoms with van der Waals surface area (Å²) in [5.41, 5.74) is 1.21. The summed E-state index contributed by atoms with van der Waals surface area (Å²) in [6.07, 6.45) is 0.227. The van der Waals surface area contributed by atoms with Gasteiger partial charge in [0.25, 0.3) is 5.91 Å². The van der Waals surface area contributed by atoms with Crippen molar-refractivity contribution in [3.05, 3.63) is 64.4 Å². The van der Waals surface area contributed by atoms with Crippen LogP contribution in [0.2, 0.25) is 5.02 Å². The first kappa shape index (κ1) is 18.2. The van der Waals surface area contributed by atoms with Gasteiger partial charge >= 0.3 is 0 Å². The van der Waals surface area contributed by atoms with Crippen LogP contribution < -0.4 is 10.1 Å². The van der Waals surface area contributed by atoms with Crippen LogP contribution in [-0.4, -0.2) is 36.4 Å². The van der Waals surface area contributed by atoms with Crippen LogP contribution in [0.3, 0.4) is 0 Å². The Morgan fingerprint density at radius 2 is 2.04 bits per heavy atom. The summed E-state index contributed by atoms with van der Waals surface area (Å²) in [6.45, 7) is 0.788. The third kappa shape index (κ3) is 4.32. The number of ether oxygens (including phenoxy) is 1.